The molecule has 1 aliphatic carbocycles. The Kier molecular flexibility index (Phi) is 1.38. The molecule has 2 aliphatic rings. The van der Waals surface area contributed by atoms with E-state index >= 15 is 0 Å². The predicted molar refractivity (Wildman–Crippen MR) is 51.3 cm³/mol. The number of fused-ring (bicyclic) bond motifs is 1. The summed E-state index contributed by atoms with van der Waals surface area (Å²) in [5, 5.41) is 5.88. The molecule has 2 atom stereocenters. The van der Waals surface area contributed by atoms with Crippen LogP contribution in [0.2, 0.25) is 0 Å². The largest absolute Gasteiger partial charge is 0.306 e. The van der Waals surface area contributed by atoms with Gasteiger partial charge in [-0.2, -0.15) is 0 Å². The summed E-state index contributed by atoms with van der Waals surface area (Å²) in [6, 6.07) is 4.46. The normalized spacial score (nSPS) is 39.2. The van der Waals surface area contributed by atoms with E-state index in [0.717, 1.165) is 5.92 Å². The van der Waals surface area contributed by atoms with Crippen LogP contribution in [-0.4, -0.2) is 6.54 Å². The van der Waals surface area contributed by atoms with Gasteiger partial charge < -0.3 is 5.32 Å². The summed E-state index contributed by atoms with van der Waals surface area (Å²) in [5.41, 5.74) is 0.425. The number of thiophene rings is 1. The van der Waals surface area contributed by atoms with Crippen molar-refractivity contribution in [1.82, 2.24) is 5.32 Å². The van der Waals surface area contributed by atoms with Gasteiger partial charge in [-0.25, -0.2) is 0 Å². The third kappa shape index (κ3) is 0.723. The second-order valence-corrected chi connectivity index (χ2v) is 4.85. The van der Waals surface area contributed by atoms with Crippen LogP contribution in [0.5, 0.6) is 0 Å². The molecule has 12 heavy (non-hydrogen) atoms. The molecule has 3 rings (SSSR count). The van der Waals surface area contributed by atoms with Crippen LogP contribution in [0.1, 0.15) is 24.1 Å². The highest BCUT2D eigenvalue weighted by Gasteiger charge is 2.51. The maximum atomic E-state index is 3.68. The maximum absolute atomic E-state index is 3.68. The molecule has 1 saturated heterocycles. The Morgan fingerprint density at radius 3 is 3.08 bits per heavy atom. The molecule has 1 nitrogen and oxygen atoms in total. The third-order valence-electron chi connectivity index (χ3n) is 3.48. The zero-order valence-corrected chi connectivity index (χ0v) is 7.86. The highest BCUT2D eigenvalue weighted by Crippen LogP contribution is 2.52. The fourth-order valence-electron chi connectivity index (χ4n) is 2.67. The van der Waals surface area contributed by atoms with Crippen LogP contribution in [0.25, 0.3) is 0 Å². The van der Waals surface area contributed by atoms with Crippen molar-refractivity contribution < 1.29 is 0 Å². The van der Waals surface area contributed by atoms with Gasteiger partial charge in [0.05, 0.1) is 5.54 Å². The van der Waals surface area contributed by atoms with Crippen molar-refractivity contribution >= 4 is 11.3 Å². The smallest absolute Gasteiger partial charge is 0.0557 e. The van der Waals surface area contributed by atoms with Gasteiger partial charge in [0.2, 0.25) is 0 Å². The van der Waals surface area contributed by atoms with Gasteiger partial charge in [-0.1, -0.05) is 6.07 Å². The summed E-state index contributed by atoms with van der Waals surface area (Å²) in [4.78, 5) is 1.57. The van der Waals surface area contributed by atoms with Gasteiger partial charge in [-0.05, 0) is 43.2 Å². The Bertz CT molecular complexity index is 280. The Labute approximate surface area is 76.8 Å². The molecule has 2 fully saturated rings. The SMILES string of the molecule is c1csc([C@@]23CC[C@H]2CCN3)c1. The van der Waals surface area contributed by atoms with Crippen molar-refractivity contribution in [2.24, 2.45) is 5.92 Å². The Morgan fingerprint density at radius 2 is 2.50 bits per heavy atom. The van der Waals surface area contributed by atoms with Crippen LogP contribution in [0, 0.1) is 5.92 Å². The zero-order valence-electron chi connectivity index (χ0n) is 7.05. The zero-order chi connectivity index (χ0) is 8.02. The first-order valence-corrected chi connectivity index (χ1v) is 5.59. The lowest BCUT2D eigenvalue weighted by Gasteiger charge is -2.44. The summed E-state index contributed by atoms with van der Waals surface area (Å²) in [6.45, 7) is 1.22. The first-order valence-electron chi connectivity index (χ1n) is 4.71. The van der Waals surface area contributed by atoms with E-state index in [0.29, 0.717) is 5.54 Å². The van der Waals surface area contributed by atoms with Crippen molar-refractivity contribution in [2.75, 3.05) is 6.54 Å². The summed E-state index contributed by atoms with van der Waals surface area (Å²) >= 11 is 1.91. The van der Waals surface area contributed by atoms with E-state index < -0.39 is 0 Å². The molecule has 1 aromatic heterocycles. The second-order valence-electron chi connectivity index (χ2n) is 3.90. The molecule has 0 bridgehead atoms. The van der Waals surface area contributed by atoms with Gasteiger partial charge >= 0.3 is 0 Å². The van der Waals surface area contributed by atoms with Crippen molar-refractivity contribution in [2.45, 2.75) is 24.8 Å². The lowest BCUT2D eigenvalue weighted by molar-refractivity contribution is 0.140. The molecule has 1 aliphatic heterocycles. The van der Waals surface area contributed by atoms with E-state index in [1.54, 1.807) is 4.88 Å². The average molecular weight is 179 g/mol. The molecular formula is C10H13NS. The number of hydrogen-bond donors (Lipinski definition) is 1. The molecule has 0 unspecified atom stereocenters. The van der Waals surface area contributed by atoms with Crippen molar-refractivity contribution in [3.8, 4) is 0 Å². The van der Waals surface area contributed by atoms with Gasteiger partial charge in [-0.3, -0.25) is 0 Å². The molecule has 0 amide bonds. The minimum atomic E-state index is 0.425. The van der Waals surface area contributed by atoms with E-state index in [1.165, 1.54) is 25.8 Å². The number of hydrogen-bond acceptors (Lipinski definition) is 2. The van der Waals surface area contributed by atoms with Crippen LogP contribution in [0.4, 0.5) is 0 Å². The predicted octanol–water partition coefficient (Wildman–Crippen LogP) is 2.35. The Hall–Kier alpha value is -0.340. The van der Waals surface area contributed by atoms with E-state index in [9.17, 15) is 0 Å². The first kappa shape index (κ1) is 7.10. The monoisotopic (exact) mass is 179 g/mol. The molecule has 0 aromatic carbocycles. The fourth-order valence-corrected chi connectivity index (χ4v) is 3.69. The van der Waals surface area contributed by atoms with Crippen molar-refractivity contribution in [3.63, 3.8) is 0 Å². The summed E-state index contributed by atoms with van der Waals surface area (Å²) in [7, 11) is 0. The molecule has 0 radical (unpaired) electrons. The van der Waals surface area contributed by atoms with Crippen LogP contribution < -0.4 is 5.32 Å². The summed E-state index contributed by atoms with van der Waals surface area (Å²) in [5.74, 6) is 0.941. The first-order chi connectivity index (χ1) is 5.92. The summed E-state index contributed by atoms with van der Waals surface area (Å²) < 4.78 is 0. The Balaban J connectivity index is 2.01. The molecule has 1 saturated carbocycles. The minimum absolute atomic E-state index is 0.425. The van der Waals surface area contributed by atoms with Crippen LogP contribution in [0.15, 0.2) is 17.5 Å². The molecule has 64 valence electrons. The standard InChI is InChI=1S/C10H13NS/c1-2-9(12-7-1)10-5-3-8(10)4-6-11-10/h1-2,7-8,11H,3-6H2/t8-,10+/m0/s1. The third-order valence-corrected chi connectivity index (χ3v) is 4.53. The molecule has 2 heteroatoms. The fraction of sp³-hybridized carbons (Fsp3) is 0.600. The lowest BCUT2D eigenvalue weighted by atomic mass is 9.67. The van der Waals surface area contributed by atoms with E-state index in [4.69, 9.17) is 0 Å². The minimum Gasteiger partial charge on any atom is -0.306 e. The van der Waals surface area contributed by atoms with Crippen molar-refractivity contribution in [1.29, 1.82) is 0 Å². The topological polar surface area (TPSA) is 12.0 Å². The Morgan fingerprint density at radius 1 is 1.50 bits per heavy atom. The average Bonchev–Trinajstić information content (AvgIpc) is 2.61. The van der Waals surface area contributed by atoms with Gasteiger partial charge in [0.15, 0.2) is 0 Å². The molecule has 0 spiro atoms. The maximum Gasteiger partial charge on any atom is 0.0557 e. The lowest BCUT2D eigenvalue weighted by Crippen LogP contribution is -2.48. The highest BCUT2D eigenvalue weighted by atomic mass is 32.1. The number of nitrogens with one attached hydrogen (secondary N) is 1. The van der Waals surface area contributed by atoms with Crippen molar-refractivity contribution in [3.05, 3.63) is 22.4 Å². The van der Waals surface area contributed by atoms with E-state index in [1.807, 2.05) is 11.3 Å². The molecule has 2 heterocycles. The van der Waals surface area contributed by atoms with Crippen LogP contribution >= 0.6 is 11.3 Å². The van der Waals surface area contributed by atoms with Crippen LogP contribution in [-0.2, 0) is 5.54 Å². The van der Waals surface area contributed by atoms with Gasteiger partial charge in [-0.15, -0.1) is 11.3 Å². The van der Waals surface area contributed by atoms with Crippen LogP contribution in [0.3, 0.4) is 0 Å². The molecular weight excluding hydrogens is 166 g/mol. The quantitative estimate of drug-likeness (QED) is 0.697. The van der Waals surface area contributed by atoms with Gasteiger partial charge in [0.1, 0.15) is 0 Å². The second kappa shape index (κ2) is 2.33. The molecule has 1 N–H and O–H groups in total. The number of rotatable bonds is 1. The van der Waals surface area contributed by atoms with E-state index in [-0.39, 0.29) is 0 Å². The summed E-state index contributed by atoms with van der Waals surface area (Å²) in [6.07, 6.45) is 4.18. The molecule has 1 aromatic rings. The van der Waals surface area contributed by atoms with Gasteiger partial charge in [0, 0.05) is 4.88 Å². The van der Waals surface area contributed by atoms with Gasteiger partial charge in [0.25, 0.3) is 0 Å². The highest BCUT2D eigenvalue weighted by molar-refractivity contribution is 7.10. The van der Waals surface area contributed by atoms with E-state index in [2.05, 4.69) is 22.8 Å².